The van der Waals surface area contributed by atoms with Crippen molar-refractivity contribution in [2.75, 3.05) is 19.0 Å². The zero-order valence-electron chi connectivity index (χ0n) is 13.8. The van der Waals surface area contributed by atoms with Gasteiger partial charge in [0.05, 0.1) is 12.3 Å². The molecular weight excluding hydrogens is 280 g/mol. The second-order valence-electron chi connectivity index (χ2n) is 4.82. The molecule has 0 spiro atoms. The molecule has 1 aromatic rings. The number of carbonyl (C=O) groups is 1. The number of urea groups is 1. The summed E-state index contributed by atoms with van der Waals surface area (Å²) >= 11 is 0. The van der Waals surface area contributed by atoms with Crippen LogP contribution in [0.2, 0.25) is 0 Å². The molecule has 0 unspecified atom stereocenters. The maximum Gasteiger partial charge on any atom is 0.326 e. The van der Waals surface area contributed by atoms with Crippen LogP contribution in [-0.2, 0) is 12.8 Å². The van der Waals surface area contributed by atoms with Gasteiger partial charge in [-0.3, -0.25) is 10.3 Å². The minimum absolute atomic E-state index is 0.0759. The van der Waals surface area contributed by atoms with E-state index in [1.165, 1.54) is 7.05 Å². The number of anilines is 1. The van der Waals surface area contributed by atoms with E-state index >= 15 is 0 Å². The Morgan fingerprint density at radius 2 is 2.00 bits per heavy atom. The van der Waals surface area contributed by atoms with Crippen LogP contribution in [0.25, 0.3) is 0 Å². The molecule has 0 aliphatic rings. The smallest absolute Gasteiger partial charge is 0.326 e. The molecule has 0 heterocycles. The molecule has 0 aliphatic carbocycles. The summed E-state index contributed by atoms with van der Waals surface area (Å²) < 4.78 is 5.78. The molecule has 0 saturated heterocycles. The molecule has 0 saturated carbocycles. The van der Waals surface area contributed by atoms with Crippen molar-refractivity contribution in [1.82, 2.24) is 5.32 Å². The largest absolute Gasteiger partial charge is 0.493 e. The predicted octanol–water partition coefficient (Wildman–Crippen LogP) is 2.67. The highest BCUT2D eigenvalue weighted by atomic mass is 16.5. The summed E-state index contributed by atoms with van der Waals surface area (Å²) in [5, 5.41) is 5.35. The number of carbonyl (C=O) groups excluding carboxylic acids is 1. The number of nitrogens with one attached hydrogen (secondary N) is 2. The number of guanidine groups is 1. The zero-order valence-corrected chi connectivity index (χ0v) is 13.8. The molecule has 4 N–H and O–H groups in total. The minimum Gasteiger partial charge on any atom is -0.493 e. The first kappa shape index (κ1) is 17.8. The van der Waals surface area contributed by atoms with Gasteiger partial charge in [0.15, 0.2) is 5.96 Å². The van der Waals surface area contributed by atoms with E-state index in [-0.39, 0.29) is 5.96 Å². The van der Waals surface area contributed by atoms with Gasteiger partial charge in [-0.2, -0.15) is 0 Å². The van der Waals surface area contributed by atoms with Gasteiger partial charge in [-0.15, -0.1) is 0 Å². The molecule has 2 amide bonds. The summed E-state index contributed by atoms with van der Waals surface area (Å²) in [4.78, 5) is 15.7. The van der Waals surface area contributed by atoms with Crippen LogP contribution in [0, 0.1) is 0 Å². The number of benzene rings is 1. The standard InChI is InChI=1S/C16H26N4O2/c1-5-10-22-13-9-8-11(6-2)14(12(13)7-3)19-16(21)20-15(17)18-4/h8-9H,5-7,10H2,1-4H3,(H4,17,18,19,20,21). The molecule has 22 heavy (non-hydrogen) atoms. The number of nitrogens with zero attached hydrogens (tertiary/aromatic N) is 1. The molecule has 0 aliphatic heterocycles. The normalized spacial score (nSPS) is 11.2. The first-order chi connectivity index (χ1) is 10.6. The lowest BCUT2D eigenvalue weighted by Gasteiger charge is -2.18. The Morgan fingerprint density at radius 1 is 1.27 bits per heavy atom. The fourth-order valence-electron chi connectivity index (χ4n) is 2.14. The van der Waals surface area contributed by atoms with Crippen molar-refractivity contribution in [2.24, 2.45) is 10.7 Å². The van der Waals surface area contributed by atoms with E-state index in [1.807, 2.05) is 26.0 Å². The summed E-state index contributed by atoms with van der Waals surface area (Å²) in [6.45, 7) is 6.80. The van der Waals surface area contributed by atoms with Crippen molar-refractivity contribution in [3.05, 3.63) is 23.3 Å². The SMILES string of the molecule is CCCOc1ccc(CC)c(NC(=O)NC(N)=NC)c1CC. The molecule has 6 nitrogen and oxygen atoms in total. The van der Waals surface area contributed by atoms with Crippen molar-refractivity contribution < 1.29 is 9.53 Å². The van der Waals surface area contributed by atoms with Crippen LogP contribution in [0.4, 0.5) is 10.5 Å². The van der Waals surface area contributed by atoms with Gasteiger partial charge < -0.3 is 15.8 Å². The molecule has 0 atom stereocenters. The monoisotopic (exact) mass is 306 g/mol. The fourth-order valence-corrected chi connectivity index (χ4v) is 2.14. The van der Waals surface area contributed by atoms with Gasteiger partial charge in [0.2, 0.25) is 0 Å². The third-order valence-corrected chi connectivity index (χ3v) is 3.27. The quantitative estimate of drug-likeness (QED) is 0.557. The Bertz CT molecular complexity index is 541. The third kappa shape index (κ3) is 4.65. The number of aliphatic imine (C=N–C) groups is 1. The van der Waals surface area contributed by atoms with Crippen LogP contribution in [0.5, 0.6) is 5.75 Å². The summed E-state index contributed by atoms with van der Waals surface area (Å²) in [5.74, 6) is 0.890. The molecule has 0 radical (unpaired) electrons. The number of hydrogen-bond donors (Lipinski definition) is 3. The number of amides is 2. The first-order valence-electron chi connectivity index (χ1n) is 7.65. The third-order valence-electron chi connectivity index (χ3n) is 3.27. The lowest BCUT2D eigenvalue weighted by molar-refractivity contribution is 0.256. The van der Waals surface area contributed by atoms with Gasteiger partial charge in [0.25, 0.3) is 0 Å². The lowest BCUT2D eigenvalue weighted by Crippen LogP contribution is -2.39. The van der Waals surface area contributed by atoms with E-state index < -0.39 is 6.03 Å². The van der Waals surface area contributed by atoms with Crippen LogP contribution < -0.4 is 21.1 Å². The highest BCUT2D eigenvalue weighted by Crippen LogP contribution is 2.31. The van der Waals surface area contributed by atoms with Crippen LogP contribution in [-0.4, -0.2) is 25.6 Å². The van der Waals surface area contributed by atoms with Crippen molar-refractivity contribution in [2.45, 2.75) is 40.0 Å². The first-order valence-corrected chi connectivity index (χ1v) is 7.65. The molecule has 122 valence electrons. The Balaban J connectivity index is 3.10. The van der Waals surface area contributed by atoms with Gasteiger partial charge in [-0.05, 0) is 30.9 Å². The Labute approximate surface area is 132 Å². The topological polar surface area (TPSA) is 88.7 Å². The van der Waals surface area contributed by atoms with Crippen LogP contribution in [0.15, 0.2) is 17.1 Å². The van der Waals surface area contributed by atoms with Crippen LogP contribution >= 0.6 is 0 Å². The fraction of sp³-hybridized carbons (Fsp3) is 0.500. The highest BCUT2D eigenvalue weighted by molar-refractivity contribution is 6.02. The average molecular weight is 306 g/mol. The zero-order chi connectivity index (χ0) is 16.5. The Kier molecular flexibility index (Phi) is 7.22. The van der Waals surface area contributed by atoms with Gasteiger partial charge in [-0.1, -0.05) is 26.8 Å². The van der Waals surface area contributed by atoms with E-state index in [1.54, 1.807) is 0 Å². The predicted molar refractivity (Wildman–Crippen MR) is 90.7 cm³/mol. The van der Waals surface area contributed by atoms with Crippen LogP contribution in [0.3, 0.4) is 0 Å². The molecular formula is C16H26N4O2. The van der Waals surface area contributed by atoms with Gasteiger partial charge >= 0.3 is 6.03 Å². The molecule has 0 fully saturated rings. The number of hydrogen-bond acceptors (Lipinski definition) is 3. The van der Waals surface area contributed by atoms with E-state index in [2.05, 4.69) is 22.5 Å². The highest BCUT2D eigenvalue weighted by Gasteiger charge is 2.15. The summed E-state index contributed by atoms with van der Waals surface area (Å²) in [7, 11) is 1.52. The van der Waals surface area contributed by atoms with Crippen molar-refractivity contribution >= 4 is 17.7 Å². The molecule has 1 rings (SSSR count). The number of aryl methyl sites for hydroxylation is 1. The van der Waals surface area contributed by atoms with Gasteiger partial charge in [-0.25, -0.2) is 4.79 Å². The maximum atomic E-state index is 12.0. The molecule has 0 bridgehead atoms. The van der Waals surface area contributed by atoms with Crippen molar-refractivity contribution in [3.8, 4) is 5.75 Å². The minimum atomic E-state index is -0.403. The second kappa shape index (κ2) is 8.92. The number of ether oxygens (including phenoxy) is 1. The summed E-state index contributed by atoms with van der Waals surface area (Å²) in [5.41, 5.74) is 8.36. The maximum absolute atomic E-state index is 12.0. The van der Waals surface area contributed by atoms with Crippen LogP contribution in [0.1, 0.15) is 38.3 Å². The van der Waals surface area contributed by atoms with E-state index in [0.717, 1.165) is 41.8 Å². The molecule has 1 aromatic carbocycles. The van der Waals surface area contributed by atoms with E-state index in [9.17, 15) is 4.79 Å². The summed E-state index contributed by atoms with van der Waals surface area (Å²) in [6.07, 6.45) is 2.51. The molecule has 6 heteroatoms. The van der Waals surface area contributed by atoms with Crippen molar-refractivity contribution in [1.29, 1.82) is 0 Å². The lowest BCUT2D eigenvalue weighted by atomic mass is 10.0. The Morgan fingerprint density at radius 3 is 2.55 bits per heavy atom. The number of rotatable bonds is 6. The van der Waals surface area contributed by atoms with Crippen molar-refractivity contribution in [3.63, 3.8) is 0 Å². The Hall–Kier alpha value is -2.24. The van der Waals surface area contributed by atoms with E-state index in [4.69, 9.17) is 10.5 Å². The number of nitrogens with two attached hydrogens (primary N) is 1. The van der Waals surface area contributed by atoms with Gasteiger partial charge in [0, 0.05) is 12.6 Å². The summed E-state index contributed by atoms with van der Waals surface area (Å²) in [6, 6.07) is 3.55. The average Bonchev–Trinajstić information content (AvgIpc) is 2.52. The van der Waals surface area contributed by atoms with E-state index in [0.29, 0.717) is 6.61 Å². The molecule has 0 aromatic heterocycles. The second-order valence-corrected chi connectivity index (χ2v) is 4.82. The van der Waals surface area contributed by atoms with Gasteiger partial charge in [0.1, 0.15) is 5.75 Å².